The van der Waals surface area contributed by atoms with Gasteiger partial charge in [0.1, 0.15) is 0 Å². The predicted octanol–water partition coefficient (Wildman–Crippen LogP) is 13.8. The van der Waals surface area contributed by atoms with Gasteiger partial charge >= 0.3 is 123 Å². The summed E-state index contributed by atoms with van der Waals surface area (Å²) < 4.78 is 0. The van der Waals surface area contributed by atoms with Crippen molar-refractivity contribution in [3.05, 3.63) is 364 Å². The van der Waals surface area contributed by atoms with Crippen LogP contribution in [0.2, 0.25) is 0 Å². The van der Waals surface area contributed by atoms with Crippen LogP contribution in [0.1, 0.15) is 0 Å². The molecule has 0 aliphatic heterocycles. The fraction of sp³-hybridized carbons (Fsp3) is 0. The third-order valence-corrected chi connectivity index (χ3v) is 26.9. The summed E-state index contributed by atoms with van der Waals surface area (Å²) in [6, 6.07) is 130. The molecule has 0 saturated heterocycles. The number of rotatable bonds is 12. The van der Waals surface area contributed by atoms with Crippen molar-refractivity contribution >= 4 is 103 Å². The van der Waals surface area contributed by atoms with Crippen molar-refractivity contribution in [2.45, 2.75) is 0 Å². The van der Waals surface area contributed by atoms with Gasteiger partial charge in [-0.3, -0.25) is 0 Å². The van der Waals surface area contributed by atoms with E-state index in [1.165, 1.54) is 63.7 Å². The van der Waals surface area contributed by atoms with Gasteiger partial charge in [0.25, 0.3) is 0 Å². The predicted molar refractivity (Wildman–Crippen MR) is 352 cm³/mol. The first-order valence-electron chi connectivity index (χ1n) is 26.0. The molecule has 1 unspecified atom stereocenters. The molecular formula is C72H63P5Pd. The normalized spacial score (nSPS) is 10.8. The Morgan fingerprint density at radius 1 is 0.167 bits per heavy atom. The van der Waals surface area contributed by atoms with Crippen LogP contribution in [0.3, 0.4) is 0 Å². The van der Waals surface area contributed by atoms with Crippen LogP contribution in [0, 0.1) is 0 Å². The second-order valence-corrected chi connectivity index (χ2v) is 30.5. The van der Waals surface area contributed by atoms with Crippen molar-refractivity contribution in [1.82, 2.24) is 0 Å². The zero-order valence-electron chi connectivity index (χ0n) is 43.4. The number of hydrogen-bond acceptors (Lipinski definition) is 0. The van der Waals surface area contributed by atoms with Crippen molar-refractivity contribution in [3.63, 3.8) is 0 Å². The van der Waals surface area contributed by atoms with E-state index in [2.05, 4.69) is 373 Å². The van der Waals surface area contributed by atoms with Crippen LogP contribution in [0.5, 0.6) is 0 Å². The Labute approximate surface area is 484 Å². The standard InChI is InChI=1S/C18H18P2.3C18H15P.Pd/c19-20(16-10-4-1-5-11-16,17-12-6-2-7-13-17)18-14-8-3-9-15-18;3*1-4-10-16(11-5-1)19(17-12-6-2-7-13-17)18-14-8-3-9-15-18;/h1-15,20H,19H2;3*1-15H;. The molecule has 0 aromatic heterocycles. The summed E-state index contributed by atoms with van der Waals surface area (Å²) in [5.41, 5.74) is 0. The fourth-order valence-electron chi connectivity index (χ4n) is 9.14. The minimum Gasteiger partial charge on any atom is -0.0622 e. The summed E-state index contributed by atoms with van der Waals surface area (Å²) in [5.74, 6) is 0. The molecule has 0 aliphatic carbocycles. The maximum Gasteiger partial charge on any atom is 0 e. The van der Waals surface area contributed by atoms with E-state index in [4.69, 9.17) is 0 Å². The minimum absolute atomic E-state index is 0. The van der Waals surface area contributed by atoms with Gasteiger partial charge in [0.05, 0.1) is 0 Å². The second-order valence-electron chi connectivity index (χ2n) is 17.9. The van der Waals surface area contributed by atoms with Crippen molar-refractivity contribution in [3.8, 4) is 0 Å². The molecule has 0 amide bonds. The molecule has 386 valence electrons. The van der Waals surface area contributed by atoms with Crippen LogP contribution in [-0.2, 0) is 20.4 Å². The molecule has 0 saturated carbocycles. The monoisotopic (exact) mass is 1190 g/mol. The Morgan fingerprint density at radius 2 is 0.269 bits per heavy atom. The van der Waals surface area contributed by atoms with Gasteiger partial charge in [0.15, 0.2) is 0 Å². The van der Waals surface area contributed by atoms with Crippen molar-refractivity contribution in [2.24, 2.45) is 0 Å². The van der Waals surface area contributed by atoms with Crippen LogP contribution in [0.15, 0.2) is 364 Å². The van der Waals surface area contributed by atoms with E-state index < -0.39 is 30.7 Å². The first-order valence-corrected chi connectivity index (χ1v) is 33.8. The fourth-order valence-corrected chi connectivity index (χ4v) is 20.9. The van der Waals surface area contributed by atoms with E-state index in [9.17, 15) is 0 Å². The molecule has 0 nitrogen and oxygen atoms in total. The van der Waals surface area contributed by atoms with Crippen molar-refractivity contribution in [2.75, 3.05) is 0 Å². The van der Waals surface area contributed by atoms with E-state index in [-0.39, 0.29) is 20.4 Å². The van der Waals surface area contributed by atoms with Gasteiger partial charge in [-0.05, 0) is 71.5 Å². The Hall–Kier alpha value is -6.55. The van der Waals surface area contributed by atoms with Gasteiger partial charge in [0.2, 0.25) is 0 Å². The van der Waals surface area contributed by atoms with Gasteiger partial charge in [-0.2, -0.15) is 0 Å². The maximum absolute atomic E-state index is 3.20. The van der Waals surface area contributed by atoms with Crippen LogP contribution in [0.25, 0.3) is 0 Å². The molecule has 6 heteroatoms. The van der Waals surface area contributed by atoms with E-state index >= 15 is 0 Å². The molecule has 0 fully saturated rings. The van der Waals surface area contributed by atoms with Gasteiger partial charge in [-0.15, -0.1) is 0 Å². The van der Waals surface area contributed by atoms with E-state index in [1.54, 1.807) is 0 Å². The summed E-state index contributed by atoms with van der Waals surface area (Å²) in [5, 5.41) is 16.8. The SMILES string of the molecule is P[PH](c1ccccc1)(c1ccccc1)c1ccccc1.[Pd].c1ccc(P(c2ccccc2)c2ccccc2)cc1.c1ccc(P(c2ccccc2)c2ccccc2)cc1.c1ccc(P(c2ccccc2)c2ccccc2)cc1. The second kappa shape index (κ2) is 31.1. The van der Waals surface area contributed by atoms with Crippen LogP contribution in [0.4, 0.5) is 0 Å². The van der Waals surface area contributed by atoms with Crippen LogP contribution >= 0.6 is 39.6 Å². The molecule has 78 heavy (non-hydrogen) atoms. The molecule has 1 atom stereocenters. The van der Waals surface area contributed by atoms with Crippen molar-refractivity contribution < 1.29 is 20.4 Å². The Bertz CT molecular complexity index is 2820. The molecule has 0 bridgehead atoms. The Morgan fingerprint density at radius 3 is 0.385 bits per heavy atom. The smallest absolute Gasteiger partial charge is 0 e. The van der Waals surface area contributed by atoms with Gasteiger partial charge < -0.3 is 0 Å². The summed E-state index contributed by atoms with van der Waals surface area (Å²) in [4.78, 5) is 0. The van der Waals surface area contributed by atoms with Gasteiger partial charge in [0, 0.05) is 20.4 Å². The largest absolute Gasteiger partial charge is 0.0622 e. The number of hydrogen-bond donors (Lipinski definition) is 0. The van der Waals surface area contributed by atoms with E-state index in [0.717, 1.165) is 0 Å². The molecule has 0 N–H and O–H groups in total. The first-order chi connectivity index (χ1) is 38.2. The number of benzene rings is 12. The molecule has 12 aromatic rings. The first kappa shape index (κ1) is 57.6. The van der Waals surface area contributed by atoms with Crippen LogP contribution in [-0.4, -0.2) is 0 Å². The summed E-state index contributed by atoms with van der Waals surface area (Å²) in [6.07, 6.45) is 0. The zero-order chi connectivity index (χ0) is 52.6. The topological polar surface area (TPSA) is 0 Å². The molecule has 0 radical (unpaired) electrons. The molecule has 0 heterocycles. The average molecular weight is 1190 g/mol. The Balaban J connectivity index is 0.000000137. The van der Waals surface area contributed by atoms with E-state index in [1.807, 2.05) is 0 Å². The Kier molecular flexibility index (Phi) is 23.0. The molecule has 12 rings (SSSR count). The van der Waals surface area contributed by atoms with Crippen molar-refractivity contribution in [1.29, 1.82) is 0 Å². The van der Waals surface area contributed by atoms with E-state index in [0.29, 0.717) is 0 Å². The minimum atomic E-state index is -1.96. The zero-order valence-corrected chi connectivity index (χ0v) is 49.8. The summed E-state index contributed by atoms with van der Waals surface area (Å²) >= 11 is 0. The molecule has 12 aromatic carbocycles. The van der Waals surface area contributed by atoms with Crippen LogP contribution < -0.4 is 63.7 Å². The van der Waals surface area contributed by atoms with Gasteiger partial charge in [-0.25, -0.2) is 0 Å². The van der Waals surface area contributed by atoms with Gasteiger partial charge in [-0.1, -0.05) is 273 Å². The third-order valence-electron chi connectivity index (χ3n) is 12.8. The molecule has 0 aliphatic rings. The maximum atomic E-state index is 3.20. The average Bonchev–Trinajstić information content (AvgIpc) is 3.54. The quantitative estimate of drug-likeness (QED) is 0.0845. The summed E-state index contributed by atoms with van der Waals surface area (Å²) in [6.45, 7) is -1.96. The summed E-state index contributed by atoms with van der Waals surface area (Å²) in [7, 11) is 1.86. The third kappa shape index (κ3) is 15.8. The molecular weight excluding hydrogens is 1130 g/mol. The molecule has 0 spiro atoms.